The van der Waals surface area contributed by atoms with Crippen LogP contribution < -0.4 is 10.2 Å². The Morgan fingerprint density at radius 2 is 1.88 bits per heavy atom. The van der Waals surface area contributed by atoms with Crippen molar-refractivity contribution in [1.29, 1.82) is 0 Å². The topological polar surface area (TPSA) is 39.1 Å². The van der Waals surface area contributed by atoms with Crippen molar-refractivity contribution in [2.24, 2.45) is 0 Å². The van der Waals surface area contributed by atoms with Crippen molar-refractivity contribution in [2.45, 2.75) is 20.8 Å². The molecule has 1 N–H and O–H groups in total. The summed E-state index contributed by atoms with van der Waals surface area (Å²) in [6.45, 7) is 6.67. The highest BCUT2D eigenvalue weighted by Crippen LogP contribution is 2.13. The largest absolute Gasteiger partial charge is 0.478 e. The number of ether oxygens (including phenoxy) is 1. The van der Waals surface area contributed by atoms with Gasteiger partial charge in [0.2, 0.25) is 5.88 Å². The highest BCUT2D eigenvalue weighted by molar-refractivity contribution is 5.38. The Bertz CT molecular complexity index is 486. The summed E-state index contributed by atoms with van der Waals surface area (Å²) in [6.07, 6.45) is 0. The van der Waals surface area contributed by atoms with Gasteiger partial charge in [0.1, 0.15) is 5.82 Å². The maximum absolute atomic E-state index is 5.37. The zero-order valence-corrected chi connectivity index (χ0v) is 10.4. The van der Waals surface area contributed by atoms with Gasteiger partial charge in [-0.25, -0.2) is 0 Å². The minimum Gasteiger partial charge on any atom is -0.478 e. The van der Waals surface area contributed by atoms with Gasteiger partial charge >= 0.3 is 0 Å². The number of pyridine rings is 1. The first kappa shape index (κ1) is 11.5. The van der Waals surface area contributed by atoms with Crippen molar-refractivity contribution in [3.05, 3.63) is 41.7 Å². The molecular weight excluding hydrogens is 214 g/mol. The van der Waals surface area contributed by atoms with Crippen LogP contribution >= 0.6 is 0 Å². The van der Waals surface area contributed by atoms with Gasteiger partial charge in [-0.05, 0) is 39.0 Å². The number of nitrogens with one attached hydrogen (secondary N) is 1. The van der Waals surface area contributed by atoms with Crippen LogP contribution in [0, 0.1) is 13.8 Å². The average Bonchev–Trinajstić information content (AvgIpc) is 2.62. The molecule has 2 aromatic heterocycles. The van der Waals surface area contributed by atoms with Crippen LogP contribution in [-0.4, -0.2) is 16.3 Å². The molecule has 4 heteroatoms. The highest BCUT2D eigenvalue weighted by atomic mass is 16.5. The Morgan fingerprint density at radius 3 is 2.53 bits per heavy atom. The normalized spacial score (nSPS) is 10.3. The van der Waals surface area contributed by atoms with Crippen molar-refractivity contribution in [3.8, 4) is 5.88 Å². The maximum Gasteiger partial charge on any atom is 0.215 e. The van der Waals surface area contributed by atoms with E-state index in [4.69, 9.17) is 4.74 Å². The first-order valence-corrected chi connectivity index (χ1v) is 5.72. The molecule has 0 spiro atoms. The second-order valence-electron chi connectivity index (χ2n) is 3.86. The predicted molar refractivity (Wildman–Crippen MR) is 68.3 cm³/mol. The Kier molecular flexibility index (Phi) is 3.32. The second-order valence-corrected chi connectivity index (χ2v) is 3.86. The first-order valence-electron chi connectivity index (χ1n) is 5.72. The number of aryl methyl sites for hydroxylation is 2. The molecule has 2 aromatic rings. The summed E-state index contributed by atoms with van der Waals surface area (Å²) < 4.78 is 7.36. The van der Waals surface area contributed by atoms with Crippen LogP contribution in [0.4, 0.5) is 5.82 Å². The van der Waals surface area contributed by atoms with Gasteiger partial charge in [0.25, 0.3) is 0 Å². The number of rotatable bonds is 4. The van der Waals surface area contributed by atoms with E-state index < -0.39 is 0 Å². The smallest absolute Gasteiger partial charge is 0.215 e. The quantitative estimate of drug-likeness (QED) is 0.879. The van der Waals surface area contributed by atoms with Gasteiger partial charge in [0.05, 0.1) is 6.61 Å². The van der Waals surface area contributed by atoms with E-state index in [1.165, 1.54) is 0 Å². The molecule has 17 heavy (non-hydrogen) atoms. The molecule has 4 nitrogen and oxygen atoms in total. The van der Waals surface area contributed by atoms with Gasteiger partial charge in [0.15, 0.2) is 0 Å². The highest BCUT2D eigenvalue weighted by Gasteiger charge is 2.02. The van der Waals surface area contributed by atoms with Gasteiger partial charge in [-0.2, -0.15) is 4.98 Å². The van der Waals surface area contributed by atoms with Gasteiger partial charge in [-0.1, -0.05) is 6.07 Å². The summed E-state index contributed by atoms with van der Waals surface area (Å²) in [6, 6.07) is 9.82. The number of hydrogen-bond acceptors (Lipinski definition) is 3. The third-order valence-electron chi connectivity index (χ3n) is 2.51. The summed E-state index contributed by atoms with van der Waals surface area (Å²) in [5.41, 5.74) is 5.53. The van der Waals surface area contributed by atoms with Crippen LogP contribution in [-0.2, 0) is 0 Å². The molecule has 0 atom stereocenters. The van der Waals surface area contributed by atoms with Gasteiger partial charge in [0, 0.05) is 17.5 Å². The van der Waals surface area contributed by atoms with E-state index in [1.807, 2.05) is 43.6 Å². The molecule has 2 heterocycles. The minimum atomic E-state index is 0.623. The molecule has 0 saturated heterocycles. The van der Waals surface area contributed by atoms with Crippen molar-refractivity contribution in [1.82, 2.24) is 9.66 Å². The molecular formula is C13H17N3O. The van der Waals surface area contributed by atoms with Crippen molar-refractivity contribution in [3.63, 3.8) is 0 Å². The first-order chi connectivity index (χ1) is 8.20. The lowest BCUT2D eigenvalue weighted by molar-refractivity contribution is 0.327. The van der Waals surface area contributed by atoms with Crippen LogP contribution in [0.25, 0.3) is 0 Å². The fraction of sp³-hybridized carbons (Fsp3) is 0.308. The van der Waals surface area contributed by atoms with Crippen LogP contribution in [0.2, 0.25) is 0 Å². The molecule has 0 radical (unpaired) electrons. The summed E-state index contributed by atoms with van der Waals surface area (Å²) in [7, 11) is 0. The standard InChI is InChI=1S/C13H17N3O/c1-4-17-13-7-5-6-12(14-13)15-16-10(2)8-9-11(16)3/h5-9H,4H2,1-3H3,(H,14,15). The van der Waals surface area contributed by atoms with Crippen LogP contribution in [0.15, 0.2) is 30.3 Å². The summed E-state index contributed by atoms with van der Waals surface area (Å²) in [5, 5.41) is 0. The van der Waals surface area contributed by atoms with E-state index in [9.17, 15) is 0 Å². The lowest BCUT2D eigenvalue weighted by Crippen LogP contribution is -2.13. The summed E-state index contributed by atoms with van der Waals surface area (Å²) in [4.78, 5) is 4.37. The summed E-state index contributed by atoms with van der Waals surface area (Å²) >= 11 is 0. The summed E-state index contributed by atoms with van der Waals surface area (Å²) in [5.74, 6) is 1.42. The van der Waals surface area contributed by atoms with Crippen molar-refractivity contribution >= 4 is 5.82 Å². The van der Waals surface area contributed by atoms with E-state index in [0.29, 0.717) is 12.5 Å². The van der Waals surface area contributed by atoms with Gasteiger partial charge < -0.3 is 4.74 Å². The van der Waals surface area contributed by atoms with Crippen LogP contribution in [0.5, 0.6) is 5.88 Å². The zero-order chi connectivity index (χ0) is 12.3. The SMILES string of the molecule is CCOc1cccc(Nn2c(C)ccc2C)n1. The average molecular weight is 231 g/mol. The van der Waals surface area contributed by atoms with E-state index in [1.54, 1.807) is 0 Å². The molecule has 0 aromatic carbocycles. The zero-order valence-electron chi connectivity index (χ0n) is 10.4. The molecule has 0 amide bonds. The fourth-order valence-electron chi connectivity index (χ4n) is 1.66. The third-order valence-corrected chi connectivity index (χ3v) is 2.51. The van der Waals surface area contributed by atoms with Crippen molar-refractivity contribution < 1.29 is 4.74 Å². The third kappa shape index (κ3) is 2.58. The number of aromatic nitrogens is 2. The Hall–Kier alpha value is -1.97. The molecule has 90 valence electrons. The van der Waals surface area contributed by atoms with E-state index in [2.05, 4.69) is 22.5 Å². The van der Waals surface area contributed by atoms with E-state index in [-0.39, 0.29) is 0 Å². The molecule has 0 aliphatic rings. The van der Waals surface area contributed by atoms with E-state index >= 15 is 0 Å². The van der Waals surface area contributed by atoms with Crippen LogP contribution in [0.3, 0.4) is 0 Å². The maximum atomic E-state index is 5.37. The van der Waals surface area contributed by atoms with Crippen LogP contribution in [0.1, 0.15) is 18.3 Å². The minimum absolute atomic E-state index is 0.623. The Balaban J connectivity index is 2.21. The fourth-order valence-corrected chi connectivity index (χ4v) is 1.66. The second kappa shape index (κ2) is 4.91. The number of hydrogen-bond donors (Lipinski definition) is 1. The monoisotopic (exact) mass is 231 g/mol. The molecule has 0 aliphatic carbocycles. The molecule has 2 rings (SSSR count). The predicted octanol–water partition coefficient (Wildman–Crippen LogP) is 2.77. The Morgan fingerprint density at radius 1 is 1.18 bits per heavy atom. The number of anilines is 1. The lowest BCUT2D eigenvalue weighted by atomic mass is 10.4. The molecule has 0 saturated carbocycles. The van der Waals surface area contributed by atoms with Gasteiger partial charge in [-0.15, -0.1) is 0 Å². The molecule has 0 unspecified atom stereocenters. The van der Waals surface area contributed by atoms with Gasteiger partial charge in [-0.3, -0.25) is 10.1 Å². The van der Waals surface area contributed by atoms with Crippen molar-refractivity contribution in [2.75, 3.05) is 12.0 Å². The molecule has 0 fully saturated rings. The molecule has 0 bridgehead atoms. The van der Waals surface area contributed by atoms with E-state index in [0.717, 1.165) is 17.2 Å². The molecule has 0 aliphatic heterocycles. The Labute approximate surface area is 101 Å². The number of nitrogens with zero attached hydrogens (tertiary/aromatic N) is 2. The lowest BCUT2D eigenvalue weighted by Gasteiger charge is -2.12.